The van der Waals surface area contributed by atoms with Gasteiger partial charge in [0.1, 0.15) is 5.75 Å². The second kappa shape index (κ2) is 5.63. The summed E-state index contributed by atoms with van der Waals surface area (Å²) in [5, 5.41) is 13.8. The Morgan fingerprint density at radius 2 is 2.14 bits per heavy atom. The molecule has 1 saturated heterocycles. The van der Waals surface area contributed by atoms with E-state index in [-0.39, 0.29) is 16.8 Å². The molecule has 0 spiro atoms. The van der Waals surface area contributed by atoms with Gasteiger partial charge in [-0.15, -0.1) is 0 Å². The smallest absolute Gasteiger partial charge is 0.258 e. The zero-order valence-electron chi connectivity index (χ0n) is 12.0. The minimum Gasteiger partial charge on any atom is -0.506 e. The highest BCUT2D eigenvalue weighted by Gasteiger charge is 2.28. The summed E-state index contributed by atoms with van der Waals surface area (Å²) in [6, 6.07) is 4.95. The lowest BCUT2D eigenvalue weighted by Gasteiger charge is -2.35. The van der Waals surface area contributed by atoms with Crippen molar-refractivity contribution >= 4 is 11.6 Å². The van der Waals surface area contributed by atoms with Crippen molar-refractivity contribution in [2.75, 3.05) is 33.7 Å². The highest BCUT2D eigenvalue weighted by Crippen LogP contribution is 2.30. The molecule has 112 valence electrons. The van der Waals surface area contributed by atoms with E-state index in [1.54, 1.807) is 12.1 Å². The van der Waals surface area contributed by atoms with Crippen LogP contribution in [0.5, 0.6) is 5.75 Å². The van der Waals surface area contributed by atoms with Crippen LogP contribution in [0, 0.1) is 0 Å². The topological polar surface area (TPSA) is 65.6 Å². The summed E-state index contributed by atoms with van der Waals surface area (Å²) in [6.45, 7) is 2.87. The van der Waals surface area contributed by atoms with E-state index in [1.165, 1.54) is 6.07 Å². The quantitative estimate of drug-likeness (QED) is 0.915. The molecule has 21 heavy (non-hydrogen) atoms. The van der Waals surface area contributed by atoms with Crippen molar-refractivity contribution in [3.63, 3.8) is 0 Å². The average molecular weight is 309 g/mol. The number of aromatic hydroxyl groups is 1. The molecule has 1 atom stereocenters. The fourth-order valence-electron chi connectivity index (χ4n) is 2.42. The third-order valence-corrected chi connectivity index (χ3v) is 4.09. The molecule has 1 N–H and O–H groups in total. The second-order valence-corrected chi connectivity index (χ2v) is 5.79. The first-order valence-corrected chi connectivity index (χ1v) is 7.13. The number of nitrogens with zero attached hydrogens (tertiary/aromatic N) is 4. The lowest BCUT2D eigenvalue weighted by molar-refractivity contribution is 0.108. The van der Waals surface area contributed by atoms with E-state index in [0.29, 0.717) is 17.3 Å². The minimum absolute atomic E-state index is 0.0359. The van der Waals surface area contributed by atoms with E-state index in [0.717, 1.165) is 19.6 Å². The maximum Gasteiger partial charge on any atom is 0.258 e. The third-order valence-electron chi connectivity index (χ3n) is 3.79. The number of phenols is 1. The Kier molecular flexibility index (Phi) is 3.84. The van der Waals surface area contributed by atoms with Crippen molar-refractivity contribution < 1.29 is 9.63 Å². The van der Waals surface area contributed by atoms with Gasteiger partial charge in [-0.2, -0.15) is 4.98 Å². The SMILES string of the molecule is CN1CCN(C)C(c2noc(-c3ccc(O)c(Cl)c3)n2)C1. The second-order valence-electron chi connectivity index (χ2n) is 5.38. The zero-order chi connectivity index (χ0) is 15.0. The van der Waals surface area contributed by atoms with Crippen molar-refractivity contribution in [3.8, 4) is 17.2 Å². The highest BCUT2D eigenvalue weighted by molar-refractivity contribution is 6.32. The van der Waals surface area contributed by atoms with Crippen LogP contribution in [0.25, 0.3) is 11.5 Å². The van der Waals surface area contributed by atoms with Gasteiger partial charge in [-0.1, -0.05) is 16.8 Å². The summed E-state index contributed by atoms with van der Waals surface area (Å²) in [5.41, 5.74) is 0.698. The average Bonchev–Trinajstić information content (AvgIpc) is 2.94. The van der Waals surface area contributed by atoms with Gasteiger partial charge in [0, 0.05) is 25.2 Å². The highest BCUT2D eigenvalue weighted by atomic mass is 35.5. The van der Waals surface area contributed by atoms with Crippen LogP contribution in [0.3, 0.4) is 0 Å². The summed E-state index contributed by atoms with van der Waals surface area (Å²) in [5.74, 6) is 1.12. The predicted octanol–water partition coefficient (Wildman–Crippen LogP) is 2.01. The molecular formula is C14H17ClN4O2. The molecule has 0 radical (unpaired) electrons. The molecule has 1 aliphatic heterocycles. The normalized spacial score (nSPS) is 20.8. The summed E-state index contributed by atoms with van der Waals surface area (Å²) in [6.07, 6.45) is 0. The molecule has 6 nitrogen and oxygen atoms in total. The van der Waals surface area contributed by atoms with Crippen molar-refractivity contribution in [2.45, 2.75) is 6.04 Å². The fourth-order valence-corrected chi connectivity index (χ4v) is 2.60. The number of phenolic OH excluding ortho intramolecular Hbond substituents is 1. The van der Waals surface area contributed by atoms with E-state index >= 15 is 0 Å². The first-order valence-electron chi connectivity index (χ1n) is 6.76. The molecule has 2 aromatic rings. The first-order chi connectivity index (χ1) is 10.0. The number of piperazine rings is 1. The molecule has 7 heteroatoms. The molecule has 0 amide bonds. The van der Waals surface area contributed by atoms with Gasteiger partial charge in [-0.3, -0.25) is 4.90 Å². The lowest BCUT2D eigenvalue weighted by atomic mass is 10.1. The molecular weight excluding hydrogens is 292 g/mol. The van der Waals surface area contributed by atoms with Crippen LogP contribution in [0.1, 0.15) is 11.9 Å². The number of halogens is 1. The van der Waals surface area contributed by atoms with Gasteiger partial charge < -0.3 is 14.5 Å². The fraction of sp³-hybridized carbons (Fsp3) is 0.429. The molecule has 1 unspecified atom stereocenters. The number of hydrogen-bond acceptors (Lipinski definition) is 6. The van der Waals surface area contributed by atoms with Gasteiger partial charge in [0.2, 0.25) is 0 Å². The van der Waals surface area contributed by atoms with Crippen LogP contribution < -0.4 is 0 Å². The zero-order valence-corrected chi connectivity index (χ0v) is 12.7. The van der Waals surface area contributed by atoms with E-state index in [4.69, 9.17) is 16.1 Å². The number of aromatic nitrogens is 2. The van der Waals surface area contributed by atoms with Gasteiger partial charge in [0.05, 0.1) is 11.1 Å². The Morgan fingerprint density at radius 3 is 2.90 bits per heavy atom. The summed E-state index contributed by atoms with van der Waals surface area (Å²) in [4.78, 5) is 8.94. The van der Waals surface area contributed by atoms with Gasteiger partial charge in [-0.05, 0) is 32.3 Å². The predicted molar refractivity (Wildman–Crippen MR) is 79.3 cm³/mol. The summed E-state index contributed by atoms with van der Waals surface area (Å²) >= 11 is 5.91. The van der Waals surface area contributed by atoms with E-state index in [2.05, 4.69) is 34.0 Å². The van der Waals surface area contributed by atoms with Crippen LogP contribution in [0.2, 0.25) is 5.02 Å². The number of rotatable bonds is 2. The number of hydrogen-bond donors (Lipinski definition) is 1. The third kappa shape index (κ3) is 2.88. The Bertz CT molecular complexity index is 646. The molecule has 0 aliphatic carbocycles. The van der Waals surface area contributed by atoms with E-state index < -0.39 is 0 Å². The number of likely N-dealkylation sites (N-methyl/N-ethyl adjacent to an activating group) is 2. The maximum absolute atomic E-state index is 9.45. The van der Waals surface area contributed by atoms with Gasteiger partial charge in [0.25, 0.3) is 5.89 Å². The van der Waals surface area contributed by atoms with E-state index in [1.807, 2.05) is 0 Å². The summed E-state index contributed by atoms with van der Waals surface area (Å²) < 4.78 is 5.34. The van der Waals surface area contributed by atoms with Gasteiger partial charge in [0.15, 0.2) is 5.82 Å². The maximum atomic E-state index is 9.45. The molecule has 3 rings (SSSR count). The molecule has 1 aromatic carbocycles. The number of benzene rings is 1. The van der Waals surface area contributed by atoms with Crippen LogP contribution in [0.4, 0.5) is 0 Å². The molecule has 0 saturated carbocycles. The van der Waals surface area contributed by atoms with Crippen molar-refractivity contribution in [1.82, 2.24) is 19.9 Å². The van der Waals surface area contributed by atoms with Crippen LogP contribution in [0.15, 0.2) is 22.7 Å². The largest absolute Gasteiger partial charge is 0.506 e. The van der Waals surface area contributed by atoms with Crippen LogP contribution in [-0.4, -0.2) is 58.8 Å². The lowest BCUT2D eigenvalue weighted by Crippen LogP contribution is -2.45. The monoisotopic (exact) mass is 308 g/mol. The van der Waals surface area contributed by atoms with Crippen molar-refractivity contribution in [3.05, 3.63) is 29.0 Å². The Labute approximate surface area is 127 Å². The van der Waals surface area contributed by atoms with Gasteiger partial charge >= 0.3 is 0 Å². The molecule has 1 fully saturated rings. The van der Waals surface area contributed by atoms with Crippen LogP contribution >= 0.6 is 11.6 Å². The Morgan fingerprint density at radius 1 is 1.33 bits per heavy atom. The minimum atomic E-state index is 0.0359. The molecule has 2 heterocycles. The van der Waals surface area contributed by atoms with Crippen molar-refractivity contribution in [2.24, 2.45) is 0 Å². The van der Waals surface area contributed by atoms with Crippen molar-refractivity contribution in [1.29, 1.82) is 0 Å². The Hall–Kier alpha value is -1.63. The molecule has 1 aliphatic rings. The standard InChI is InChI=1S/C14H17ClN4O2/c1-18-5-6-19(2)11(8-18)13-16-14(21-17-13)9-3-4-12(20)10(15)7-9/h3-4,7,11,20H,5-6,8H2,1-2H3. The molecule has 0 bridgehead atoms. The van der Waals surface area contributed by atoms with E-state index in [9.17, 15) is 5.11 Å². The van der Waals surface area contributed by atoms with Gasteiger partial charge in [-0.25, -0.2) is 0 Å². The first kappa shape index (κ1) is 14.3. The Balaban J connectivity index is 1.87. The summed E-state index contributed by atoms with van der Waals surface area (Å²) in [7, 11) is 4.14. The molecule has 1 aromatic heterocycles. The van der Waals surface area contributed by atoms with Crippen LogP contribution in [-0.2, 0) is 0 Å².